The zero-order valence-corrected chi connectivity index (χ0v) is 13.5. The molecule has 3 rings (SSSR count). The number of pyridine rings is 1. The zero-order chi connectivity index (χ0) is 16.9. The van der Waals surface area contributed by atoms with Crippen LogP contribution in [0.1, 0.15) is 15.9 Å². The van der Waals surface area contributed by atoms with Gasteiger partial charge in [0.15, 0.2) is 5.82 Å². The maximum Gasteiger partial charge on any atom is 0.254 e. The maximum atomic E-state index is 12.6. The van der Waals surface area contributed by atoms with E-state index in [-0.39, 0.29) is 5.91 Å². The second-order valence-electron chi connectivity index (χ2n) is 5.26. The first-order chi connectivity index (χ1) is 11.7. The lowest BCUT2D eigenvalue weighted by atomic mass is 10.2. The van der Waals surface area contributed by atoms with Crippen LogP contribution in [0.15, 0.2) is 55.2 Å². The Morgan fingerprint density at radius 3 is 2.92 bits per heavy atom. The summed E-state index contributed by atoms with van der Waals surface area (Å²) in [6.07, 6.45) is 4.55. The smallest absolute Gasteiger partial charge is 0.254 e. The number of aromatic nitrogens is 4. The molecule has 24 heavy (non-hydrogen) atoms. The summed E-state index contributed by atoms with van der Waals surface area (Å²) in [5, 5.41) is 4.02. The minimum absolute atomic E-state index is 0.0958. The van der Waals surface area contributed by atoms with Gasteiger partial charge in [-0.15, -0.1) is 0 Å². The largest absolute Gasteiger partial charge is 0.497 e. The van der Waals surface area contributed by atoms with Crippen molar-refractivity contribution in [2.24, 2.45) is 0 Å². The normalized spacial score (nSPS) is 10.4. The molecule has 2 heterocycles. The minimum atomic E-state index is -0.0958. The second kappa shape index (κ2) is 6.91. The Bertz CT molecular complexity index is 833. The van der Waals surface area contributed by atoms with Gasteiger partial charge in [-0.2, -0.15) is 5.10 Å². The lowest BCUT2D eigenvalue weighted by Gasteiger charge is -2.18. The molecule has 0 aliphatic carbocycles. The Hall–Kier alpha value is -3.22. The first kappa shape index (κ1) is 15.7. The van der Waals surface area contributed by atoms with Crippen LogP contribution in [-0.2, 0) is 6.54 Å². The molecule has 7 nitrogen and oxygen atoms in total. The van der Waals surface area contributed by atoms with Gasteiger partial charge in [-0.1, -0.05) is 12.1 Å². The molecule has 2 aromatic heterocycles. The summed E-state index contributed by atoms with van der Waals surface area (Å²) in [6.45, 7) is 0.483. The summed E-state index contributed by atoms with van der Waals surface area (Å²) in [6, 6.07) is 11.0. The summed E-state index contributed by atoms with van der Waals surface area (Å²) < 4.78 is 6.72. The summed E-state index contributed by atoms with van der Waals surface area (Å²) in [7, 11) is 3.38. The molecule has 0 saturated carbocycles. The van der Waals surface area contributed by atoms with Crippen molar-refractivity contribution in [3.8, 4) is 11.6 Å². The van der Waals surface area contributed by atoms with Crippen LogP contribution in [0, 0.1) is 0 Å². The maximum absolute atomic E-state index is 12.6. The molecule has 0 N–H and O–H groups in total. The fourth-order valence-electron chi connectivity index (χ4n) is 2.34. The van der Waals surface area contributed by atoms with E-state index >= 15 is 0 Å². The van der Waals surface area contributed by atoms with Crippen molar-refractivity contribution in [2.45, 2.75) is 6.54 Å². The summed E-state index contributed by atoms with van der Waals surface area (Å²) in [4.78, 5) is 22.4. The SMILES string of the molecule is COc1cccc(CN(C)C(=O)c2ccnc(-n3cncn3)c2)c1. The second-order valence-corrected chi connectivity index (χ2v) is 5.26. The molecule has 0 fully saturated rings. The highest BCUT2D eigenvalue weighted by atomic mass is 16.5. The van der Waals surface area contributed by atoms with Gasteiger partial charge in [0.2, 0.25) is 0 Å². The number of hydrogen-bond donors (Lipinski definition) is 0. The first-order valence-electron chi connectivity index (χ1n) is 7.37. The van der Waals surface area contributed by atoms with Crippen molar-refractivity contribution in [1.82, 2.24) is 24.6 Å². The number of ether oxygens (including phenoxy) is 1. The molecular weight excluding hydrogens is 306 g/mol. The number of carbonyl (C=O) groups excluding carboxylic acids is 1. The van der Waals surface area contributed by atoms with Gasteiger partial charge in [0.25, 0.3) is 5.91 Å². The van der Waals surface area contributed by atoms with E-state index in [9.17, 15) is 4.79 Å². The summed E-state index contributed by atoms with van der Waals surface area (Å²) in [5.74, 6) is 1.22. The minimum Gasteiger partial charge on any atom is -0.497 e. The van der Waals surface area contributed by atoms with E-state index in [1.165, 1.54) is 17.3 Å². The average molecular weight is 323 g/mol. The lowest BCUT2D eigenvalue weighted by Crippen LogP contribution is -2.26. The van der Waals surface area contributed by atoms with E-state index in [4.69, 9.17) is 4.74 Å². The molecule has 0 aliphatic rings. The molecule has 0 unspecified atom stereocenters. The van der Waals surface area contributed by atoms with E-state index in [1.807, 2.05) is 24.3 Å². The lowest BCUT2D eigenvalue weighted by molar-refractivity contribution is 0.0785. The molecule has 1 amide bonds. The zero-order valence-electron chi connectivity index (χ0n) is 13.5. The number of methoxy groups -OCH3 is 1. The van der Waals surface area contributed by atoms with E-state index < -0.39 is 0 Å². The molecule has 0 atom stereocenters. The number of amides is 1. The van der Waals surface area contributed by atoms with Gasteiger partial charge in [0.1, 0.15) is 18.4 Å². The monoisotopic (exact) mass is 323 g/mol. The molecule has 0 spiro atoms. The van der Waals surface area contributed by atoms with E-state index in [0.29, 0.717) is 17.9 Å². The third-order valence-corrected chi connectivity index (χ3v) is 3.55. The fourth-order valence-corrected chi connectivity index (χ4v) is 2.34. The van der Waals surface area contributed by atoms with Gasteiger partial charge in [0.05, 0.1) is 7.11 Å². The van der Waals surface area contributed by atoms with Gasteiger partial charge in [-0.05, 0) is 29.8 Å². The third kappa shape index (κ3) is 3.40. The van der Waals surface area contributed by atoms with Gasteiger partial charge < -0.3 is 9.64 Å². The number of nitrogens with zero attached hydrogens (tertiary/aromatic N) is 5. The number of carbonyl (C=O) groups is 1. The van der Waals surface area contributed by atoms with Gasteiger partial charge >= 0.3 is 0 Å². The third-order valence-electron chi connectivity index (χ3n) is 3.55. The van der Waals surface area contributed by atoms with Crippen LogP contribution in [0.3, 0.4) is 0 Å². The fraction of sp³-hybridized carbons (Fsp3) is 0.176. The van der Waals surface area contributed by atoms with Crippen molar-refractivity contribution < 1.29 is 9.53 Å². The van der Waals surface area contributed by atoms with Gasteiger partial charge in [0, 0.05) is 25.4 Å². The highest BCUT2D eigenvalue weighted by Crippen LogP contribution is 2.15. The Morgan fingerprint density at radius 1 is 1.29 bits per heavy atom. The van der Waals surface area contributed by atoms with Gasteiger partial charge in [-0.3, -0.25) is 4.79 Å². The predicted molar refractivity (Wildman–Crippen MR) is 87.9 cm³/mol. The topological polar surface area (TPSA) is 73.1 Å². The molecule has 122 valence electrons. The summed E-state index contributed by atoms with van der Waals surface area (Å²) in [5.41, 5.74) is 1.54. The highest BCUT2D eigenvalue weighted by molar-refractivity contribution is 5.94. The Morgan fingerprint density at radius 2 is 2.17 bits per heavy atom. The quantitative estimate of drug-likeness (QED) is 0.717. The van der Waals surface area contributed by atoms with Crippen LogP contribution in [-0.4, -0.2) is 44.7 Å². The van der Waals surface area contributed by atoms with E-state index in [0.717, 1.165) is 11.3 Å². The molecule has 1 aromatic carbocycles. The van der Waals surface area contributed by atoms with E-state index in [1.54, 1.807) is 37.4 Å². The van der Waals surface area contributed by atoms with Crippen molar-refractivity contribution in [3.05, 3.63) is 66.4 Å². The summed E-state index contributed by atoms with van der Waals surface area (Å²) >= 11 is 0. The number of rotatable bonds is 5. The van der Waals surface area contributed by atoms with Crippen LogP contribution in [0.5, 0.6) is 5.75 Å². The molecule has 0 saturated heterocycles. The first-order valence-corrected chi connectivity index (χ1v) is 7.37. The molecule has 0 bridgehead atoms. The predicted octanol–water partition coefficient (Wildman–Crippen LogP) is 1.94. The van der Waals surface area contributed by atoms with Crippen LogP contribution >= 0.6 is 0 Å². The van der Waals surface area contributed by atoms with E-state index in [2.05, 4.69) is 15.1 Å². The van der Waals surface area contributed by atoms with Crippen molar-refractivity contribution in [1.29, 1.82) is 0 Å². The Labute approximate surface area is 139 Å². The van der Waals surface area contributed by atoms with Gasteiger partial charge in [-0.25, -0.2) is 14.6 Å². The molecule has 7 heteroatoms. The van der Waals surface area contributed by atoms with Crippen molar-refractivity contribution in [2.75, 3.05) is 14.2 Å². The van der Waals surface area contributed by atoms with Crippen LogP contribution in [0.25, 0.3) is 5.82 Å². The Balaban J connectivity index is 1.77. The molecule has 0 radical (unpaired) electrons. The van der Waals surface area contributed by atoms with Crippen LogP contribution in [0.4, 0.5) is 0 Å². The number of hydrogen-bond acceptors (Lipinski definition) is 5. The van der Waals surface area contributed by atoms with Crippen molar-refractivity contribution in [3.63, 3.8) is 0 Å². The molecule has 3 aromatic rings. The molecular formula is C17H17N5O2. The van der Waals surface area contributed by atoms with Crippen LogP contribution in [0.2, 0.25) is 0 Å². The molecule has 0 aliphatic heterocycles. The Kier molecular flexibility index (Phi) is 4.51. The van der Waals surface area contributed by atoms with Crippen LogP contribution < -0.4 is 4.74 Å². The average Bonchev–Trinajstić information content (AvgIpc) is 3.16. The number of benzene rings is 1. The van der Waals surface area contributed by atoms with Crippen molar-refractivity contribution >= 4 is 5.91 Å². The standard InChI is InChI=1S/C17H17N5O2/c1-21(10-13-4-3-5-15(8-13)24-2)17(23)14-6-7-19-16(9-14)22-12-18-11-20-22/h3-9,11-12H,10H2,1-2H3. The highest BCUT2D eigenvalue weighted by Gasteiger charge is 2.14.